The molecule has 2 N–H and O–H groups in total. The molecule has 0 aliphatic carbocycles. The van der Waals surface area contributed by atoms with Crippen LogP contribution in [0.25, 0.3) is 0 Å². The van der Waals surface area contributed by atoms with Gasteiger partial charge in [-0.25, -0.2) is 0 Å². The highest BCUT2D eigenvalue weighted by Gasteiger charge is 2.15. The van der Waals surface area contributed by atoms with Crippen molar-refractivity contribution in [1.29, 1.82) is 0 Å². The van der Waals surface area contributed by atoms with E-state index < -0.39 is 0 Å². The van der Waals surface area contributed by atoms with E-state index in [1.807, 2.05) is 43.4 Å². The minimum absolute atomic E-state index is 0.227. The van der Waals surface area contributed by atoms with Gasteiger partial charge in [-0.15, -0.1) is 0 Å². The molecular formula is C23H22BrN3O2. The minimum atomic E-state index is -0.276. The lowest BCUT2D eigenvalue weighted by Gasteiger charge is -2.19. The van der Waals surface area contributed by atoms with Gasteiger partial charge >= 0.3 is 0 Å². The van der Waals surface area contributed by atoms with E-state index in [1.54, 1.807) is 42.5 Å². The smallest absolute Gasteiger partial charge is 0.256 e. The number of amides is 2. The molecule has 0 unspecified atom stereocenters. The van der Waals surface area contributed by atoms with Crippen LogP contribution in [0.1, 0.15) is 20.7 Å². The molecule has 0 saturated carbocycles. The van der Waals surface area contributed by atoms with E-state index in [4.69, 9.17) is 0 Å². The van der Waals surface area contributed by atoms with Gasteiger partial charge in [0.25, 0.3) is 11.8 Å². The highest BCUT2D eigenvalue weighted by molar-refractivity contribution is 9.10. The maximum absolute atomic E-state index is 12.7. The van der Waals surface area contributed by atoms with Gasteiger partial charge in [0, 0.05) is 30.3 Å². The van der Waals surface area contributed by atoms with E-state index in [1.165, 1.54) is 0 Å². The first-order chi connectivity index (χ1) is 14.1. The number of hydrogen-bond donors (Lipinski definition) is 2. The van der Waals surface area contributed by atoms with Crippen molar-refractivity contribution in [3.05, 3.63) is 94.5 Å². The molecule has 0 saturated heterocycles. The summed E-state index contributed by atoms with van der Waals surface area (Å²) < 4.78 is 0.698. The quantitative estimate of drug-likeness (QED) is 0.552. The van der Waals surface area contributed by atoms with Gasteiger partial charge in [0.15, 0.2) is 0 Å². The van der Waals surface area contributed by atoms with Gasteiger partial charge in [-0.3, -0.25) is 9.59 Å². The molecule has 6 heteroatoms. The van der Waals surface area contributed by atoms with Crippen LogP contribution in [0.15, 0.2) is 83.3 Å². The second kappa shape index (κ2) is 9.89. The third-order valence-corrected chi connectivity index (χ3v) is 5.16. The number of carbonyl (C=O) groups excluding carboxylic acids is 2. The number of rotatable bonds is 7. The summed E-state index contributed by atoms with van der Waals surface area (Å²) in [4.78, 5) is 27.3. The van der Waals surface area contributed by atoms with Gasteiger partial charge in [-0.2, -0.15) is 0 Å². The van der Waals surface area contributed by atoms with Crippen molar-refractivity contribution < 1.29 is 9.59 Å². The summed E-state index contributed by atoms with van der Waals surface area (Å²) in [5.74, 6) is -0.504. The Hall–Kier alpha value is -3.12. The first kappa shape index (κ1) is 20.6. The number of para-hydroxylation sites is 2. The summed E-state index contributed by atoms with van der Waals surface area (Å²) >= 11 is 3.38. The van der Waals surface area contributed by atoms with E-state index in [2.05, 4.69) is 31.5 Å². The second-order valence-electron chi connectivity index (χ2n) is 6.49. The lowest BCUT2D eigenvalue weighted by atomic mass is 10.1. The Labute approximate surface area is 178 Å². The van der Waals surface area contributed by atoms with Crippen LogP contribution in [-0.2, 0) is 0 Å². The lowest BCUT2D eigenvalue weighted by molar-refractivity contribution is 0.0955. The van der Waals surface area contributed by atoms with Gasteiger partial charge in [0.2, 0.25) is 0 Å². The maximum atomic E-state index is 12.7. The van der Waals surface area contributed by atoms with Gasteiger partial charge in [-0.05, 0) is 52.3 Å². The van der Waals surface area contributed by atoms with Crippen molar-refractivity contribution in [2.24, 2.45) is 0 Å². The molecular weight excluding hydrogens is 430 g/mol. The predicted molar refractivity (Wildman–Crippen MR) is 121 cm³/mol. The Balaban J connectivity index is 1.63. The fourth-order valence-corrected chi connectivity index (χ4v) is 3.33. The van der Waals surface area contributed by atoms with Crippen LogP contribution in [0.5, 0.6) is 0 Å². The normalized spacial score (nSPS) is 10.3. The molecule has 0 atom stereocenters. The summed E-state index contributed by atoms with van der Waals surface area (Å²) in [5, 5.41) is 5.76. The van der Waals surface area contributed by atoms with Gasteiger partial charge in [0.05, 0.1) is 16.8 Å². The Morgan fingerprint density at radius 2 is 1.45 bits per heavy atom. The summed E-state index contributed by atoms with van der Waals surface area (Å²) in [7, 11) is 1.98. The first-order valence-corrected chi connectivity index (χ1v) is 10.0. The van der Waals surface area contributed by atoms with Crippen LogP contribution in [0.2, 0.25) is 0 Å². The van der Waals surface area contributed by atoms with E-state index in [9.17, 15) is 9.59 Å². The highest BCUT2D eigenvalue weighted by Crippen LogP contribution is 2.20. The van der Waals surface area contributed by atoms with Crippen LogP contribution in [0.4, 0.5) is 11.4 Å². The summed E-state index contributed by atoms with van der Waals surface area (Å²) in [5.41, 5.74) is 2.49. The number of benzene rings is 3. The largest absolute Gasteiger partial charge is 0.373 e. The SMILES string of the molecule is CN(CCNC(=O)c1ccccc1NC(=O)c1ccccc1Br)c1ccccc1. The maximum Gasteiger partial charge on any atom is 0.256 e. The van der Waals surface area contributed by atoms with E-state index in [0.717, 1.165) is 5.69 Å². The van der Waals surface area contributed by atoms with Gasteiger partial charge in [0.1, 0.15) is 0 Å². The molecule has 3 rings (SSSR count). The summed E-state index contributed by atoms with van der Waals surface area (Å²) in [6.07, 6.45) is 0. The zero-order chi connectivity index (χ0) is 20.6. The third kappa shape index (κ3) is 5.45. The Bertz CT molecular complexity index is 992. The van der Waals surface area contributed by atoms with Crippen molar-refractivity contribution >= 4 is 39.1 Å². The molecule has 148 valence electrons. The van der Waals surface area contributed by atoms with Crippen LogP contribution in [0, 0.1) is 0 Å². The Kier molecular flexibility index (Phi) is 7.03. The van der Waals surface area contributed by atoms with Gasteiger partial charge < -0.3 is 15.5 Å². The number of carbonyl (C=O) groups is 2. The number of anilines is 2. The van der Waals surface area contributed by atoms with E-state index >= 15 is 0 Å². The van der Waals surface area contributed by atoms with Crippen molar-refractivity contribution in [3.8, 4) is 0 Å². The van der Waals surface area contributed by atoms with Crippen molar-refractivity contribution in [2.75, 3.05) is 30.4 Å². The van der Waals surface area contributed by atoms with Crippen LogP contribution < -0.4 is 15.5 Å². The van der Waals surface area contributed by atoms with E-state index in [-0.39, 0.29) is 11.8 Å². The molecule has 5 nitrogen and oxygen atoms in total. The molecule has 3 aromatic carbocycles. The standard InChI is InChI=1S/C23H22BrN3O2/c1-27(17-9-3-2-4-10-17)16-15-25-22(28)19-12-6-8-14-21(19)26-23(29)18-11-5-7-13-20(18)24/h2-14H,15-16H2,1H3,(H,25,28)(H,26,29). The molecule has 0 aliphatic rings. The summed E-state index contributed by atoms with van der Waals surface area (Å²) in [6.45, 7) is 1.15. The second-order valence-corrected chi connectivity index (χ2v) is 7.35. The molecule has 0 aromatic heterocycles. The van der Waals surface area contributed by atoms with Gasteiger partial charge in [-0.1, -0.05) is 42.5 Å². The van der Waals surface area contributed by atoms with Crippen molar-refractivity contribution in [3.63, 3.8) is 0 Å². The van der Waals surface area contributed by atoms with E-state index in [0.29, 0.717) is 34.4 Å². The third-order valence-electron chi connectivity index (χ3n) is 4.47. The monoisotopic (exact) mass is 451 g/mol. The summed E-state index contributed by atoms with van der Waals surface area (Å²) in [6, 6.07) is 24.1. The molecule has 0 fully saturated rings. The molecule has 0 heterocycles. The van der Waals surface area contributed by atoms with Crippen LogP contribution in [-0.4, -0.2) is 32.0 Å². The Morgan fingerprint density at radius 3 is 2.17 bits per heavy atom. The number of hydrogen-bond acceptors (Lipinski definition) is 3. The first-order valence-electron chi connectivity index (χ1n) is 9.25. The molecule has 29 heavy (non-hydrogen) atoms. The molecule has 0 bridgehead atoms. The fraction of sp³-hybridized carbons (Fsp3) is 0.130. The zero-order valence-electron chi connectivity index (χ0n) is 16.1. The fourth-order valence-electron chi connectivity index (χ4n) is 2.87. The number of halogens is 1. The predicted octanol–water partition coefficient (Wildman–Crippen LogP) is 4.57. The minimum Gasteiger partial charge on any atom is -0.373 e. The topological polar surface area (TPSA) is 61.4 Å². The van der Waals surface area contributed by atoms with Crippen molar-refractivity contribution in [1.82, 2.24) is 5.32 Å². The average Bonchev–Trinajstić information content (AvgIpc) is 2.74. The Morgan fingerprint density at radius 1 is 0.828 bits per heavy atom. The molecule has 3 aromatic rings. The number of nitrogens with zero attached hydrogens (tertiary/aromatic N) is 1. The average molecular weight is 452 g/mol. The molecule has 2 amide bonds. The number of nitrogens with one attached hydrogen (secondary N) is 2. The number of likely N-dealkylation sites (N-methyl/N-ethyl adjacent to an activating group) is 1. The van der Waals surface area contributed by atoms with Crippen LogP contribution in [0.3, 0.4) is 0 Å². The highest BCUT2D eigenvalue weighted by atomic mass is 79.9. The molecule has 0 spiro atoms. The lowest BCUT2D eigenvalue weighted by Crippen LogP contribution is -2.33. The zero-order valence-corrected chi connectivity index (χ0v) is 17.6. The van der Waals surface area contributed by atoms with Crippen molar-refractivity contribution in [2.45, 2.75) is 0 Å². The molecule has 0 radical (unpaired) electrons. The molecule has 0 aliphatic heterocycles. The van der Waals surface area contributed by atoms with Crippen LogP contribution >= 0.6 is 15.9 Å².